The summed E-state index contributed by atoms with van der Waals surface area (Å²) in [5.41, 5.74) is 3.41. The molecule has 0 aromatic heterocycles. The number of hydrogen-bond acceptors (Lipinski definition) is 3. The molecule has 0 saturated heterocycles. The lowest BCUT2D eigenvalue weighted by atomic mass is 9.97. The first kappa shape index (κ1) is 15.2. The first-order chi connectivity index (χ1) is 11.2. The molecular formula is C20H19NO2. The summed E-state index contributed by atoms with van der Waals surface area (Å²) in [5.74, 6) is 0. The summed E-state index contributed by atoms with van der Waals surface area (Å²) in [6.07, 6.45) is 1.86. The average Bonchev–Trinajstić information content (AvgIpc) is 2.59. The van der Waals surface area contributed by atoms with E-state index in [0.29, 0.717) is 17.8 Å². The molecule has 0 aliphatic carbocycles. The van der Waals surface area contributed by atoms with Crippen LogP contribution in [0.1, 0.15) is 17.5 Å². The van der Waals surface area contributed by atoms with Crippen LogP contribution < -0.4 is 16.2 Å². The fraction of sp³-hybridized carbons (Fsp3) is 0.200. The molecule has 0 unspecified atom stereocenters. The lowest BCUT2D eigenvalue weighted by Crippen LogP contribution is -2.36. The van der Waals surface area contributed by atoms with Crippen molar-refractivity contribution in [3.63, 3.8) is 0 Å². The van der Waals surface area contributed by atoms with Gasteiger partial charge in [-0.25, -0.2) is 0 Å². The third kappa shape index (κ3) is 3.24. The van der Waals surface area contributed by atoms with Crippen molar-refractivity contribution in [3.8, 4) is 11.1 Å². The van der Waals surface area contributed by atoms with E-state index in [1.807, 2.05) is 49.4 Å². The molecule has 0 atom stereocenters. The van der Waals surface area contributed by atoms with Crippen LogP contribution in [0.25, 0.3) is 11.1 Å². The van der Waals surface area contributed by atoms with E-state index < -0.39 is 5.43 Å². The first-order valence-electron chi connectivity index (χ1n) is 7.85. The molecule has 3 nitrogen and oxygen atoms in total. The Bertz CT molecular complexity index is 857. The van der Waals surface area contributed by atoms with Crippen molar-refractivity contribution >= 4 is 5.69 Å². The molecule has 3 heteroatoms. The smallest absolute Gasteiger partial charge is 0.250 e. The number of nitrogens with one attached hydrogen (secondary N) is 1. The van der Waals surface area contributed by atoms with Gasteiger partial charge in [-0.2, -0.15) is 0 Å². The Morgan fingerprint density at radius 3 is 2.26 bits per heavy atom. The van der Waals surface area contributed by atoms with Gasteiger partial charge in [0.05, 0.1) is 11.3 Å². The van der Waals surface area contributed by atoms with Crippen LogP contribution in [0.3, 0.4) is 0 Å². The van der Waals surface area contributed by atoms with E-state index in [2.05, 4.69) is 17.4 Å². The highest BCUT2D eigenvalue weighted by Gasteiger charge is 2.21. The van der Waals surface area contributed by atoms with Gasteiger partial charge in [0.15, 0.2) is 0 Å². The van der Waals surface area contributed by atoms with Crippen molar-refractivity contribution < 1.29 is 0 Å². The van der Waals surface area contributed by atoms with E-state index in [0.717, 1.165) is 24.0 Å². The molecule has 0 bridgehead atoms. The zero-order valence-electron chi connectivity index (χ0n) is 13.1. The largest absolute Gasteiger partial charge is 0.381 e. The molecule has 1 N–H and O–H groups in total. The maximum atomic E-state index is 11.9. The summed E-state index contributed by atoms with van der Waals surface area (Å²) in [6, 6.07) is 17.9. The lowest BCUT2D eigenvalue weighted by Gasteiger charge is -2.13. The molecule has 0 saturated carbocycles. The molecule has 3 rings (SSSR count). The fourth-order valence-corrected chi connectivity index (χ4v) is 2.71. The van der Waals surface area contributed by atoms with Crippen molar-refractivity contribution in [3.05, 3.63) is 86.2 Å². The quantitative estimate of drug-likeness (QED) is 0.561. The highest BCUT2D eigenvalue weighted by molar-refractivity contribution is 5.81. The van der Waals surface area contributed by atoms with Crippen molar-refractivity contribution in [1.82, 2.24) is 0 Å². The van der Waals surface area contributed by atoms with Crippen LogP contribution in [0.15, 0.2) is 64.2 Å². The van der Waals surface area contributed by atoms with Crippen LogP contribution in [-0.2, 0) is 6.42 Å². The van der Waals surface area contributed by atoms with E-state index in [4.69, 9.17) is 0 Å². The van der Waals surface area contributed by atoms with Gasteiger partial charge in [0.25, 0.3) is 0 Å². The van der Waals surface area contributed by atoms with Gasteiger partial charge < -0.3 is 5.32 Å². The molecule has 0 radical (unpaired) electrons. The summed E-state index contributed by atoms with van der Waals surface area (Å²) < 4.78 is 0. The van der Waals surface area contributed by atoms with E-state index in [1.54, 1.807) is 0 Å². The molecule has 3 aromatic rings. The van der Waals surface area contributed by atoms with Crippen molar-refractivity contribution in [2.75, 3.05) is 11.9 Å². The second kappa shape index (κ2) is 6.61. The monoisotopic (exact) mass is 305 g/mol. The highest BCUT2D eigenvalue weighted by atomic mass is 16.2. The van der Waals surface area contributed by atoms with Crippen LogP contribution in [0.5, 0.6) is 0 Å². The molecule has 0 fully saturated rings. The van der Waals surface area contributed by atoms with Gasteiger partial charge in [0.2, 0.25) is 10.9 Å². The number of benzene rings is 2. The molecule has 0 spiro atoms. The minimum atomic E-state index is -0.403. The van der Waals surface area contributed by atoms with Gasteiger partial charge in [-0.15, -0.1) is 0 Å². The van der Waals surface area contributed by atoms with Crippen LogP contribution in [0.4, 0.5) is 5.69 Å². The van der Waals surface area contributed by atoms with Gasteiger partial charge in [0.1, 0.15) is 0 Å². The van der Waals surface area contributed by atoms with Crippen LogP contribution in [-0.4, -0.2) is 6.54 Å². The normalized spacial score (nSPS) is 10.8. The second-order valence-electron chi connectivity index (χ2n) is 5.79. The maximum Gasteiger partial charge on any atom is 0.250 e. The third-order valence-corrected chi connectivity index (χ3v) is 4.04. The molecule has 0 aliphatic heterocycles. The summed E-state index contributed by atoms with van der Waals surface area (Å²) >= 11 is 0. The molecule has 0 aliphatic rings. The lowest BCUT2D eigenvalue weighted by molar-refractivity contribution is 0.861. The Kier molecular flexibility index (Phi) is 4.38. The summed E-state index contributed by atoms with van der Waals surface area (Å²) in [7, 11) is 0. The van der Waals surface area contributed by atoms with E-state index in [1.165, 1.54) is 5.56 Å². The maximum absolute atomic E-state index is 11.9. The Hall–Kier alpha value is -2.68. The summed E-state index contributed by atoms with van der Waals surface area (Å²) in [5, 5.41) is 3.14. The molecule has 116 valence electrons. The minimum Gasteiger partial charge on any atom is -0.381 e. The Morgan fingerprint density at radius 1 is 0.870 bits per heavy atom. The zero-order valence-corrected chi connectivity index (χ0v) is 13.1. The van der Waals surface area contributed by atoms with E-state index in [-0.39, 0.29) is 5.43 Å². The van der Waals surface area contributed by atoms with Crippen LogP contribution in [0.2, 0.25) is 0 Å². The van der Waals surface area contributed by atoms with E-state index in [9.17, 15) is 9.59 Å². The van der Waals surface area contributed by atoms with Crippen LogP contribution >= 0.6 is 0 Å². The van der Waals surface area contributed by atoms with Crippen molar-refractivity contribution in [2.45, 2.75) is 19.8 Å². The van der Waals surface area contributed by atoms with Gasteiger partial charge in [-0.1, -0.05) is 60.2 Å². The molecule has 0 amide bonds. The molecule has 0 heterocycles. The number of anilines is 1. The zero-order chi connectivity index (χ0) is 16.2. The summed E-state index contributed by atoms with van der Waals surface area (Å²) in [6.45, 7) is 2.67. The van der Waals surface area contributed by atoms with Crippen molar-refractivity contribution in [1.29, 1.82) is 0 Å². The van der Waals surface area contributed by atoms with Gasteiger partial charge >= 0.3 is 0 Å². The van der Waals surface area contributed by atoms with Gasteiger partial charge in [-0.05, 0) is 30.9 Å². The standard InChI is InChI=1S/C20H19NO2/c1-14-9-11-16(12-10-14)17-18(20(23)19(17)22)21-13-5-8-15-6-3-2-4-7-15/h2-4,6-7,9-12,21H,5,8,13H2,1H3. The van der Waals surface area contributed by atoms with Gasteiger partial charge in [0, 0.05) is 6.54 Å². The molecule has 3 aromatic carbocycles. The number of rotatable bonds is 6. The Labute approximate surface area is 135 Å². The first-order valence-corrected chi connectivity index (χ1v) is 7.85. The van der Waals surface area contributed by atoms with E-state index >= 15 is 0 Å². The number of aryl methyl sites for hydroxylation is 2. The minimum absolute atomic E-state index is 0.389. The summed E-state index contributed by atoms with van der Waals surface area (Å²) in [4.78, 5) is 23.7. The predicted molar refractivity (Wildman–Crippen MR) is 94.8 cm³/mol. The molecular weight excluding hydrogens is 286 g/mol. The van der Waals surface area contributed by atoms with Crippen molar-refractivity contribution in [2.24, 2.45) is 0 Å². The highest BCUT2D eigenvalue weighted by Crippen LogP contribution is 2.23. The topological polar surface area (TPSA) is 46.2 Å². The Balaban J connectivity index is 1.65. The fourth-order valence-electron chi connectivity index (χ4n) is 2.71. The molecule has 23 heavy (non-hydrogen) atoms. The number of hydrogen-bond donors (Lipinski definition) is 1. The van der Waals surface area contributed by atoms with Crippen LogP contribution in [0, 0.1) is 6.92 Å². The predicted octanol–water partition coefficient (Wildman–Crippen LogP) is 3.30. The Morgan fingerprint density at radius 2 is 1.57 bits per heavy atom. The SMILES string of the molecule is Cc1ccc(-c2c(NCCCc3ccccc3)c(=O)c2=O)cc1. The van der Waals surface area contributed by atoms with Gasteiger partial charge in [-0.3, -0.25) is 9.59 Å². The second-order valence-corrected chi connectivity index (χ2v) is 5.79. The third-order valence-electron chi connectivity index (χ3n) is 4.04. The average molecular weight is 305 g/mol.